The number of nitrogens with one attached hydrogen (secondary N) is 1. The number of halogens is 6. The van der Waals surface area contributed by atoms with Crippen molar-refractivity contribution in [1.29, 1.82) is 0 Å². The van der Waals surface area contributed by atoms with E-state index < -0.39 is 17.5 Å². The molecule has 1 atom stereocenters. The summed E-state index contributed by atoms with van der Waals surface area (Å²) in [6.45, 7) is 6.66. The summed E-state index contributed by atoms with van der Waals surface area (Å²) >= 11 is 3.12. The zero-order chi connectivity index (χ0) is 16.3. The van der Waals surface area contributed by atoms with E-state index in [-0.39, 0.29) is 36.4 Å². The van der Waals surface area contributed by atoms with Gasteiger partial charge in [-0.3, -0.25) is 4.90 Å². The number of hydrogen-bond donors (Lipinski definition) is 2. The van der Waals surface area contributed by atoms with Gasteiger partial charge in [-0.2, -0.15) is 13.2 Å². The van der Waals surface area contributed by atoms with E-state index >= 15 is 0 Å². The molecule has 24 heavy (non-hydrogen) atoms. The van der Waals surface area contributed by atoms with Crippen LogP contribution in [0.2, 0.25) is 0 Å². The maximum Gasteiger partial charge on any atom is 0.420 e. The van der Waals surface area contributed by atoms with Crippen LogP contribution in [0.4, 0.5) is 13.2 Å². The standard InChI is InChI=1S/C15H18BrF3N2O.2ClH/c1-2-3-13(21-6-4-20-5-7-21)11-8-10(16)9-12(14(11)22)15(17,18)19;;/h2,8-9,13,20,22H,1,3-7H2;2*1H/t13-;;/m1../s1. The fourth-order valence-corrected chi connectivity index (χ4v) is 3.19. The van der Waals surface area contributed by atoms with Crippen molar-refractivity contribution in [2.75, 3.05) is 26.2 Å². The van der Waals surface area contributed by atoms with Crippen LogP contribution in [0, 0.1) is 0 Å². The van der Waals surface area contributed by atoms with Gasteiger partial charge >= 0.3 is 6.18 Å². The highest BCUT2D eigenvalue weighted by Gasteiger charge is 2.37. The van der Waals surface area contributed by atoms with Crippen molar-refractivity contribution < 1.29 is 18.3 Å². The molecule has 0 bridgehead atoms. The fourth-order valence-electron chi connectivity index (χ4n) is 2.71. The average Bonchev–Trinajstić information content (AvgIpc) is 2.47. The second kappa shape index (κ2) is 9.87. The Morgan fingerprint density at radius 2 is 1.88 bits per heavy atom. The van der Waals surface area contributed by atoms with Gasteiger partial charge in [-0.1, -0.05) is 22.0 Å². The van der Waals surface area contributed by atoms with Gasteiger partial charge in [0, 0.05) is 42.3 Å². The second-order valence-corrected chi connectivity index (χ2v) is 6.13. The molecular weight excluding hydrogens is 432 g/mol. The smallest absolute Gasteiger partial charge is 0.420 e. The zero-order valence-corrected chi connectivity index (χ0v) is 16.0. The van der Waals surface area contributed by atoms with Crippen LogP contribution < -0.4 is 5.32 Å². The Labute approximate surface area is 160 Å². The number of aromatic hydroxyl groups is 1. The molecule has 0 radical (unpaired) electrons. The molecule has 1 aliphatic heterocycles. The number of benzene rings is 1. The molecule has 2 rings (SSSR count). The van der Waals surface area contributed by atoms with Crippen LogP contribution >= 0.6 is 40.7 Å². The van der Waals surface area contributed by atoms with Gasteiger partial charge in [0.05, 0.1) is 5.56 Å². The van der Waals surface area contributed by atoms with Gasteiger partial charge < -0.3 is 10.4 Å². The fraction of sp³-hybridized carbons (Fsp3) is 0.467. The van der Waals surface area contributed by atoms with Gasteiger partial charge in [0.15, 0.2) is 0 Å². The Bertz CT molecular complexity index is 552. The monoisotopic (exact) mass is 450 g/mol. The van der Waals surface area contributed by atoms with E-state index in [1.165, 1.54) is 0 Å². The van der Waals surface area contributed by atoms with Crippen LogP contribution in [0.25, 0.3) is 0 Å². The second-order valence-electron chi connectivity index (χ2n) is 5.22. The van der Waals surface area contributed by atoms with Gasteiger partial charge in [-0.05, 0) is 18.6 Å². The Morgan fingerprint density at radius 3 is 2.38 bits per heavy atom. The van der Waals surface area contributed by atoms with Crippen molar-refractivity contribution in [1.82, 2.24) is 10.2 Å². The predicted octanol–water partition coefficient (Wildman–Crippen LogP) is 4.54. The van der Waals surface area contributed by atoms with Crippen LogP contribution in [0.3, 0.4) is 0 Å². The van der Waals surface area contributed by atoms with Crippen LogP contribution in [0.15, 0.2) is 29.3 Å². The Balaban J connectivity index is 0.00000264. The summed E-state index contributed by atoms with van der Waals surface area (Å²) in [4.78, 5) is 2.07. The minimum absolute atomic E-state index is 0. The van der Waals surface area contributed by atoms with Gasteiger partial charge in [0.1, 0.15) is 5.75 Å². The molecule has 3 nitrogen and oxygen atoms in total. The number of piperazine rings is 1. The maximum absolute atomic E-state index is 13.1. The van der Waals surface area contributed by atoms with Crippen LogP contribution in [-0.2, 0) is 6.18 Å². The molecule has 9 heteroatoms. The molecule has 1 aromatic rings. The number of phenolic OH excluding ortho intramolecular Hbond substituents is 1. The van der Waals surface area contributed by atoms with Gasteiger partial charge in [-0.25, -0.2) is 0 Å². The number of alkyl halides is 3. The summed E-state index contributed by atoms with van der Waals surface area (Å²) in [5.41, 5.74) is -0.732. The van der Waals surface area contributed by atoms with Crippen molar-refractivity contribution in [2.24, 2.45) is 0 Å². The highest BCUT2D eigenvalue weighted by atomic mass is 79.9. The van der Waals surface area contributed by atoms with E-state index in [4.69, 9.17) is 0 Å². The first-order valence-electron chi connectivity index (χ1n) is 7.00. The average molecular weight is 452 g/mol. The van der Waals surface area contributed by atoms with Crippen LogP contribution in [0.1, 0.15) is 23.6 Å². The van der Waals surface area contributed by atoms with Crippen molar-refractivity contribution in [3.8, 4) is 5.75 Å². The third kappa shape index (κ3) is 5.52. The molecule has 1 saturated heterocycles. The summed E-state index contributed by atoms with van der Waals surface area (Å²) in [6.07, 6.45) is -2.45. The lowest BCUT2D eigenvalue weighted by atomic mass is 9.97. The quantitative estimate of drug-likeness (QED) is 0.659. The van der Waals surface area contributed by atoms with Gasteiger partial charge in [0.25, 0.3) is 0 Å². The molecule has 0 amide bonds. The number of hydrogen-bond acceptors (Lipinski definition) is 3. The largest absolute Gasteiger partial charge is 0.507 e. The summed E-state index contributed by atoms with van der Waals surface area (Å²) < 4.78 is 39.5. The van der Waals surface area contributed by atoms with Crippen molar-refractivity contribution in [2.45, 2.75) is 18.6 Å². The predicted molar refractivity (Wildman–Crippen MR) is 97.3 cm³/mol. The molecular formula is C15H20BrCl2F3N2O. The topological polar surface area (TPSA) is 35.5 Å². The van der Waals surface area contributed by atoms with E-state index in [0.717, 1.165) is 19.2 Å². The highest BCUT2D eigenvalue weighted by molar-refractivity contribution is 9.10. The number of rotatable bonds is 4. The molecule has 138 valence electrons. The minimum atomic E-state index is -4.59. The summed E-state index contributed by atoms with van der Waals surface area (Å²) in [7, 11) is 0. The maximum atomic E-state index is 13.1. The molecule has 0 spiro atoms. The van der Waals surface area contributed by atoms with E-state index in [1.54, 1.807) is 12.1 Å². The summed E-state index contributed by atoms with van der Waals surface area (Å²) in [6, 6.07) is 2.14. The molecule has 1 fully saturated rings. The van der Waals surface area contributed by atoms with Crippen molar-refractivity contribution >= 4 is 40.7 Å². The van der Waals surface area contributed by atoms with Crippen LogP contribution in [0.5, 0.6) is 5.75 Å². The molecule has 1 aliphatic rings. The van der Waals surface area contributed by atoms with E-state index in [1.807, 2.05) is 0 Å². The molecule has 2 N–H and O–H groups in total. The van der Waals surface area contributed by atoms with Crippen LogP contribution in [-0.4, -0.2) is 36.2 Å². The first-order chi connectivity index (χ1) is 10.3. The van der Waals surface area contributed by atoms with Crippen molar-refractivity contribution in [3.63, 3.8) is 0 Å². The number of phenols is 1. The SMILES string of the molecule is C=CC[C@H](c1cc(Br)cc(C(F)(F)F)c1O)N1CCNCC1.Cl.Cl. The normalized spacial score (nSPS) is 16.7. The molecule has 0 aliphatic carbocycles. The third-order valence-corrected chi connectivity index (χ3v) is 4.21. The first-order valence-corrected chi connectivity index (χ1v) is 7.79. The zero-order valence-electron chi connectivity index (χ0n) is 12.8. The molecule has 0 saturated carbocycles. The lowest BCUT2D eigenvalue weighted by Gasteiger charge is -2.35. The first kappa shape index (κ1) is 23.5. The molecule has 0 aromatic heterocycles. The van der Waals surface area contributed by atoms with Gasteiger partial charge in [0.2, 0.25) is 0 Å². The Hall–Kier alpha value is -0.470. The molecule has 1 heterocycles. The minimum Gasteiger partial charge on any atom is -0.507 e. The Kier molecular flexibility index (Phi) is 9.68. The lowest BCUT2D eigenvalue weighted by molar-refractivity contribution is -0.138. The molecule has 1 aromatic carbocycles. The van der Waals surface area contributed by atoms with E-state index in [9.17, 15) is 18.3 Å². The van der Waals surface area contributed by atoms with Gasteiger partial charge in [-0.15, -0.1) is 31.4 Å². The summed E-state index contributed by atoms with van der Waals surface area (Å²) in [5.74, 6) is -0.693. The lowest BCUT2D eigenvalue weighted by Crippen LogP contribution is -2.45. The Morgan fingerprint density at radius 1 is 1.29 bits per heavy atom. The van der Waals surface area contributed by atoms with E-state index in [0.29, 0.717) is 24.0 Å². The summed E-state index contributed by atoms with van der Waals surface area (Å²) in [5, 5.41) is 13.4. The number of nitrogens with zero attached hydrogens (tertiary/aromatic N) is 1. The third-order valence-electron chi connectivity index (χ3n) is 3.75. The van der Waals surface area contributed by atoms with E-state index in [2.05, 4.69) is 32.7 Å². The molecule has 0 unspecified atom stereocenters. The van der Waals surface area contributed by atoms with Crippen molar-refractivity contribution in [3.05, 3.63) is 40.4 Å². The highest BCUT2D eigenvalue weighted by Crippen LogP contribution is 2.43.